The second-order valence-corrected chi connectivity index (χ2v) is 5.89. The molecule has 2 aromatic rings. The first-order valence-corrected chi connectivity index (χ1v) is 9.00. The highest BCUT2D eigenvalue weighted by atomic mass is 16.5. The van der Waals surface area contributed by atoms with Crippen molar-refractivity contribution in [2.75, 3.05) is 32.2 Å². The summed E-state index contributed by atoms with van der Waals surface area (Å²) < 4.78 is 16.6. The van der Waals surface area contributed by atoms with E-state index in [-0.39, 0.29) is 0 Å². The molecule has 25 heavy (non-hydrogen) atoms. The van der Waals surface area contributed by atoms with Crippen LogP contribution >= 0.6 is 0 Å². The fourth-order valence-electron chi connectivity index (χ4n) is 2.46. The lowest BCUT2D eigenvalue weighted by Gasteiger charge is -2.13. The third kappa shape index (κ3) is 7.06. The Morgan fingerprint density at radius 1 is 0.880 bits per heavy atom. The quantitative estimate of drug-likeness (QED) is 0.557. The van der Waals surface area contributed by atoms with Crippen LogP contribution in [0, 0.1) is 0 Å². The minimum absolute atomic E-state index is 0.550. The van der Waals surface area contributed by atoms with Crippen LogP contribution < -0.4 is 14.8 Å². The average molecular weight is 343 g/mol. The second kappa shape index (κ2) is 11.4. The van der Waals surface area contributed by atoms with Gasteiger partial charge in [0.2, 0.25) is 0 Å². The Balaban J connectivity index is 1.89. The molecule has 0 aliphatic rings. The molecule has 0 radical (unpaired) electrons. The molecule has 0 unspecified atom stereocenters. The van der Waals surface area contributed by atoms with Crippen molar-refractivity contribution < 1.29 is 14.2 Å². The van der Waals surface area contributed by atoms with Gasteiger partial charge in [0.15, 0.2) is 0 Å². The van der Waals surface area contributed by atoms with Crippen LogP contribution in [0.15, 0.2) is 48.5 Å². The molecule has 4 heteroatoms. The molecule has 4 nitrogen and oxygen atoms in total. The molecule has 2 rings (SSSR count). The Kier molecular flexibility index (Phi) is 8.70. The number of benzene rings is 2. The summed E-state index contributed by atoms with van der Waals surface area (Å²) in [5.74, 6) is 1.80. The summed E-state index contributed by atoms with van der Waals surface area (Å²) in [6, 6.07) is 16.2. The summed E-state index contributed by atoms with van der Waals surface area (Å²) >= 11 is 0. The van der Waals surface area contributed by atoms with Crippen molar-refractivity contribution in [1.29, 1.82) is 0 Å². The van der Waals surface area contributed by atoms with Crippen molar-refractivity contribution in [3.05, 3.63) is 54.1 Å². The van der Waals surface area contributed by atoms with E-state index in [9.17, 15) is 0 Å². The first-order valence-electron chi connectivity index (χ1n) is 9.00. The molecule has 136 valence electrons. The first-order chi connectivity index (χ1) is 12.3. The minimum atomic E-state index is 0.550. The number of unbranched alkanes of at least 4 members (excludes halogenated alkanes) is 2. The lowest BCUT2D eigenvalue weighted by Crippen LogP contribution is -2.06. The lowest BCUT2D eigenvalue weighted by atomic mass is 10.2. The molecule has 0 bridgehead atoms. The van der Waals surface area contributed by atoms with Crippen LogP contribution in [-0.2, 0) is 11.3 Å². The summed E-state index contributed by atoms with van der Waals surface area (Å²) in [5.41, 5.74) is 2.18. The number of nitrogens with one attached hydrogen (secondary N) is 1. The molecule has 0 aliphatic heterocycles. The molecule has 0 spiro atoms. The zero-order chi connectivity index (χ0) is 17.7. The number of methoxy groups -OCH3 is 1. The van der Waals surface area contributed by atoms with Crippen molar-refractivity contribution in [2.24, 2.45) is 0 Å². The van der Waals surface area contributed by atoms with Crippen LogP contribution in [-0.4, -0.2) is 26.9 Å². The van der Waals surface area contributed by atoms with Gasteiger partial charge < -0.3 is 19.5 Å². The van der Waals surface area contributed by atoms with Gasteiger partial charge in [-0.2, -0.15) is 0 Å². The predicted octanol–water partition coefficient (Wildman–Crippen LogP) is 4.89. The Labute approximate surface area is 151 Å². The minimum Gasteiger partial charge on any atom is -0.493 e. The van der Waals surface area contributed by atoms with E-state index < -0.39 is 0 Å². The van der Waals surface area contributed by atoms with Gasteiger partial charge in [0, 0.05) is 31.0 Å². The first kappa shape index (κ1) is 19.1. The summed E-state index contributed by atoms with van der Waals surface area (Å²) in [6.45, 7) is 4.82. The van der Waals surface area contributed by atoms with Gasteiger partial charge >= 0.3 is 0 Å². The van der Waals surface area contributed by atoms with Crippen LogP contribution in [0.3, 0.4) is 0 Å². The number of ether oxygens (including phenoxy) is 3. The monoisotopic (exact) mass is 343 g/mol. The third-order valence-corrected chi connectivity index (χ3v) is 3.85. The topological polar surface area (TPSA) is 39.7 Å². The molecule has 0 heterocycles. The summed E-state index contributed by atoms with van der Waals surface area (Å²) in [4.78, 5) is 0. The Morgan fingerprint density at radius 3 is 2.60 bits per heavy atom. The van der Waals surface area contributed by atoms with E-state index in [1.165, 1.54) is 12.8 Å². The molecular formula is C21H29NO3. The highest BCUT2D eigenvalue weighted by Gasteiger charge is 2.04. The van der Waals surface area contributed by atoms with Crippen molar-refractivity contribution in [1.82, 2.24) is 0 Å². The van der Waals surface area contributed by atoms with Crippen LogP contribution in [0.4, 0.5) is 5.69 Å². The smallest absolute Gasteiger partial charge is 0.124 e. The van der Waals surface area contributed by atoms with Gasteiger partial charge in [0.25, 0.3) is 0 Å². The van der Waals surface area contributed by atoms with E-state index in [4.69, 9.17) is 14.2 Å². The summed E-state index contributed by atoms with van der Waals surface area (Å²) in [6.07, 6.45) is 3.50. The molecule has 0 aliphatic carbocycles. The lowest BCUT2D eigenvalue weighted by molar-refractivity contribution is 0.146. The zero-order valence-electron chi connectivity index (χ0n) is 15.3. The maximum absolute atomic E-state index is 5.94. The van der Waals surface area contributed by atoms with Crippen molar-refractivity contribution >= 4 is 5.69 Å². The molecule has 0 amide bonds. The highest BCUT2D eigenvalue weighted by molar-refractivity contribution is 5.49. The average Bonchev–Trinajstić information content (AvgIpc) is 2.65. The Bertz CT molecular complexity index is 616. The fraction of sp³-hybridized carbons (Fsp3) is 0.429. The summed E-state index contributed by atoms with van der Waals surface area (Å²) in [5, 5.41) is 3.44. The van der Waals surface area contributed by atoms with Gasteiger partial charge in [0.05, 0.1) is 13.2 Å². The molecule has 0 fully saturated rings. The Morgan fingerprint density at radius 2 is 1.76 bits per heavy atom. The van der Waals surface area contributed by atoms with E-state index in [1.807, 2.05) is 42.5 Å². The molecule has 0 aromatic heterocycles. The zero-order valence-corrected chi connectivity index (χ0v) is 15.3. The van der Waals surface area contributed by atoms with Gasteiger partial charge in [-0.1, -0.05) is 44.0 Å². The maximum atomic E-state index is 5.94. The van der Waals surface area contributed by atoms with Gasteiger partial charge in [-0.05, 0) is 24.6 Å². The normalized spacial score (nSPS) is 10.5. The molecule has 0 saturated carbocycles. The van der Waals surface area contributed by atoms with Crippen molar-refractivity contribution in [3.8, 4) is 11.5 Å². The van der Waals surface area contributed by atoms with E-state index >= 15 is 0 Å². The molecule has 0 atom stereocenters. The highest BCUT2D eigenvalue weighted by Crippen LogP contribution is 2.22. The summed E-state index contributed by atoms with van der Waals surface area (Å²) in [7, 11) is 1.67. The second-order valence-electron chi connectivity index (χ2n) is 5.89. The predicted molar refractivity (Wildman–Crippen MR) is 103 cm³/mol. The van der Waals surface area contributed by atoms with Gasteiger partial charge in [0.1, 0.15) is 18.1 Å². The van der Waals surface area contributed by atoms with Crippen LogP contribution in [0.5, 0.6) is 11.5 Å². The number of rotatable bonds is 12. The SMILES string of the molecule is CCCCCOc1ccccc1CNc1cccc(OCCOC)c1. The van der Waals surface area contributed by atoms with Crippen molar-refractivity contribution in [3.63, 3.8) is 0 Å². The number of anilines is 1. The largest absolute Gasteiger partial charge is 0.493 e. The van der Waals surface area contributed by atoms with Gasteiger partial charge in [-0.15, -0.1) is 0 Å². The van der Waals surface area contributed by atoms with Crippen molar-refractivity contribution in [2.45, 2.75) is 32.7 Å². The van der Waals surface area contributed by atoms with Crippen LogP contribution in [0.2, 0.25) is 0 Å². The standard InChI is InChI=1S/C21H29NO3/c1-3-4-7-13-25-21-12-6-5-9-18(21)17-22-19-10-8-11-20(16-19)24-15-14-23-2/h5-6,8-12,16,22H,3-4,7,13-15,17H2,1-2H3. The van der Waals surface area contributed by atoms with Gasteiger partial charge in [-0.25, -0.2) is 0 Å². The molecule has 1 N–H and O–H groups in total. The van der Waals surface area contributed by atoms with E-state index in [2.05, 4.69) is 18.3 Å². The third-order valence-electron chi connectivity index (χ3n) is 3.85. The maximum Gasteiger partial charge on any atom is 0.124 e. The number of hydrogen-bond acceptors (Lipinski definition) is 4. The van der Waals surface area contributed by atoms with Gasteiger partial charge in [-0.3, -0.25) is 0 Å². The van der Waals surface area contributed by atoms with Crippen LogP contribution in [0.25, 0.3) is 0 Å². The van der Waals surface area contributed by atoms with Crippen LogP contribution in [0.1, 0.15) is 31.7 Å². The van der Waals surface area contributed by atoms with E-state index in [0.29, 0.717) is 19.8 Å². The van der Waals surface area contributed by atoms with E-state index in [1.54, 1.807) is 7.11 Å². The number of hydrogen-bond donors (Lipinski definition) is 1. The molecule has 2 aromatic carbocycles. The Hall–Kier alpha value is -2.20. The van der Waals surface area contributed by atoms with E-state index in [0.717, 1.165) is 35.8 Å². The molecular weight excluding hydrogens is 314 g/mol. The fourth-order valence-corrected chi connectivity index (χ4v) is 2.46. The number of para-hydroxylation sites is 1. The molecule has 0 saturated heterocycles.